The number of hydrogen-bond donors (Lipinski definition) is 1. The molecule has 31 heavy (non-hydrogen) atoms. The number of benzene rings is 2. The summed E-state index contributed by atoms with van der Waals surface area (Å²) in [5.41, 5.74) is 4.42. The van der Waals surface area contributed by atoms with Gasteiger partial charge >= 0.3 is 0 Å². The van der Waals surface area contributed by atoms with Gasteiger partial charge in [0.05, 0.1) is 37.3 Å². The highest BCUT2D eigenvalue weighted by molar-refractivity contribution is 6.31. The van der Waals surface area contributed by atoms with Gasteiger partial charge in [-0.3, -0.25) is 4.79 Å². The molecule has 1 N–H and O–H groups in total. The van der Waals surface area contributed by atoms with E-state index in [2.05, 4.69) is 20.9 Å². The zero-order valence-corrected chi connectivity index (χ0v) is 18.5. The summed E-state index contributed by atoms with van der Waals surface area (Å²) < 4.78 is 13.2. The van der Waals surface area contributed by atoms with E-state index in [-0.39, 0.29) is 5.91 Å². The Labute approximate surface area is 186 Å². The molecule has 0 radical (unpaired) electrons. The summed E-state index contributed by atoms with van der Waals surface area (Å²) in [6.07, 6.45) is 2.29. The van der Waals surface area contributed by atoms with Crippen LogP contribution in [0.3, 0.4) is 0 Å². The smallest absolute Gasteiger partial charge is 0.258 e. The highest BCUT2D eigenvalue weighted by Crippen LogP contribution is 2.42. The molecule has 1 saturated carbocycles. The van der Waals surface area contributed by atoms with Crippen LogP contribution >= 0.6 is 11.6 Å². The average molecular weight is 440 g/mol. The maximum atomic E-state index is 13.6. The van der Waals surface area contributed by atoms with Crippen LogP contribution in [0.25, 0.3) is 10.9 Å². The van der Waals surface area contributed by atoms with Crippen molar-refractivity contribution in [3.05, 3.63) is 52.7 Å². The van der Waals surface area contributed by atoms with E-state index in [1.54, 1.807) is 7.11 Å². The SMILES string of the molecule is COc1ccc2c(c1)c(C(=O)Nc1cc(Cl)ccc1N1CCOCC1)c(C)n2C1CC1. The van der Waals surface area contributed by atoms with Gasteiger partial charge in [0.15, 0.2) is 0 Å². The Morgan fingerprint density at radius 1 is 1.16 bits per heavy atom. The van der Waals surface area contributed by atoms with Crippen molar-refractivity contribution in [2.24, 2.45) is 0 Å². The van der Waals surface area contributed by atoms with Crippen molar-refractivity contribution >= 4 is 39.8 Å². The summed E-state index contributed by atoms with van der Waals surface area (Å²) in [4.78, 5) is 15.8. The minimum atomic E-state index is -0.132. The molecule has 1 aliphatic carbocycles. The van der Waals surface area contributed by atoms with Crippen molar-refractivity contribution in [2.45, 2.75) is 25.8 Å². The average Bonchev–Trinajstić information content (AvgIpc) is 3.56. The van der Waals surface area contributed by atoms with Crippen LogP contribution in [0.5, 0.6) is 5.75 Å². The molecule has 1 aliphatic heterocycles. The molecule has 1 amide bonds. The number of carbonyl (C=O) groups is 1. The van der Waals surface area contributed by atoms with Crippen LogP contribution in [0.15, 0.2) is 36.4 Å². The van der Waals surface area contributed by atoms with E-state index in [1.807, 2.05) is 37.3 Å². The van der Waals surface area contributed by atoms with Gasteiger partial charge in [-0.15, -0.1) is 0 Å². The number of nitrogens with zero attached hydrogens (tertiary/aromatic N) is 2. The van der Waals surface area contributed by atoms with E-state index in [0.717, 1.165) is 54.0 Å². The van der Waals surface area contributed by atoms with Gasteiger partial charge < -0.3 is 24.3 Å². The molecular weight excluding hydrogens is 414 g/mol. The second-order valence-corrected chi connectivity index (χ2v) is 8.60. The largest absolute Gasteiger partial charge is 0.497 e. The van der Waals surface area contributed by atoms with E-state index in [9.17, 15) is 4.79 Å². The number of halogens is 1. The minimum absolute atomic E-state index is 0.132. The molecule has 7 heteroatoms. The van der Waals surface area contributed by atoms with Crippen molar-refractivity contribution in [3.8, 4) is 5.75 Å². The number of amides is 1. The first-order chi connectivity index (χ1) is 15.1. The van der Waals surface area contributed by atoms with Gasteiger partial charge in [-0.25, -0.2) is 0 Å². The monoisotopic (exact) mass is 439 g/mol. The Morgan fingerprint density at radius 2 is 1.94 bits per heavy atom. The van der Waals surface area contributed by atoms with E-state index < -0.39 is 0 Å². The molecule has 2 fully saturated rings. The highest BCUT2D eigenvalue weighted by Gasteiger charge is 2.30. The first-order valence-corrected chi connectivity index (χ1v) is 11.1. The Balaban J connectivity index is 1.56. The lowest BCUT2D eigenvalue weighted by Crippen LogP contribution is -2.36. The lowest BCUT2D eigenvalue weighted by molar-refractivity contribution is 0.102. The molecule has 5 rings (SSSR count). The van der Waals surface area contributed by atoms with E-state index in [4.69, 9.17) is 21.1 Å². The summed E-state index contributed by atoms with van der Waals surface area (Å²) in [6.45, 7) is 4.93. The number of rotatable bonds is 5. The fraction of sp³-hybridized carbons (Fsp3) is 0.375. The van der Waals surface area contributed by atoms with Crippen molar-refractivity contribution in [2.75, 3.05) is 43.6 Å². The Bertz CT molecular complexity index is 1150. The number of ether oxygens (including phenoxy) is 2. The molecule has 162 valence electrons. The zero-order valence-electron chi connectivity index (χ0n) is 17.8. The molecule has 2 heterocycles. The van der Waals surface area contributed by atoms with Crippen molar-refractivity contribution in [3.63, 3.8) is 0 Å². The van der Waals surface area contributed by atoms with E-state index in [1.165, 1.54) is 0 Å². The summed E-state index contributed by atoms with van der Waals surface area (Å²) in [6, 6.07) is 12.1. The molecule has 2 aliphatic rings. The number of methoxy groups -OCH3 is 1. The molecule has 1 aromatic heterocycles. The van der Waals surface area contributed by atoms with Gasteiger partial charge in [0.2, 0.25) is 0 Å². The first kappa shape index (κ1) is 20.2. The summed E-state index contributed by atoms with van der Waals surface area (Å²) in [5, 5.41) is 4.65. The number of aromatic nitrogens is 1. The molecule has 2 aromatic carbocycles. The molecule has 0 spiro atoms. The van der Waals surface area contributed by atoms with Crippen LogP contribution in [0.4, 0.5) is 11.4 Å². The molecule has 0 unspecified atom stereocenters. The maximum absolute atomic E-state index is 13.6. The van der Waals surface area contributed by atoms with Crippen LogP contribution in [-0.2, 0) is 4.74 Å². The lowest BCUT2D eigenvalue weighted by Gasteiger charge is -2.30. The molecule has 0 atom stereocenters. The number of fused-ring (bicyclic) bond motifs is 1. The first-order valence-electron chi connectivity index (χ1n) is 10.7. The third-order valence-electron chi connectivity index (χ3n) is 6.15. The molecule has 1 saturated heterocycles. The Hall–Kier alpha value is -2.70. The van der Waals surface area contributed by atoms with Gasteiger partial charge in [0, 0.05) is 40.8 Å². The fourth-order valence-corrected chi connectivity index (χ4v) is 4.68. The molecule has 0 bridgehead atoms. The molecule has 6 nitrogen and oxygen atoms in total. The number of anilines is 2. The van der Waals surface area contributed by atoms with E-state index >= 15 is 0 Å². The number of morpholine rings is 1. The quantitative estimate of drug-likeness (QED) is 0.605. The Morgan fingerprint density at radius 3 is 2.65 bits per heavy atom. The highest BCUT2D eigenvalue weighted by atomic mass is 35.5. The minimum Gasteiger partial charge on any atom is -0.497 e. The number of hydrogen-bond acceptors (Lipinski definition) is 4. The number of carbonyl (C=O) groups excluding carboxylic acids is 1. The summed E-state index contributed by atoms with van der Waals surface area (Å²) in [7, 11) is 1.65. The Kier molecular flexibility index (Phi) is 5.28. The predicted octanol–water partition coefficient (Wildman–Crippen LogP) is 5.04. The molecular formula is C24H26ClN3O3. The summed E-state index contributed by atoms with van der Waals surface area (Å²) in [5.74, 6) is 0.609. The van der Waals surface area contributed by atoms with Gasteiger partial charge in [-0.2, -0.15) is 0 Å². The summed E-state index contributed by atoms with van der Waals surface area (Å²) >= 11 is 6.29. The van der Waals surface area contributed by atoms with Crippen molar-refractivity contribution < 1.29 is 14.3 Å². The van der Waals surface area contributed by atoms with Crippen LogP contribution in [-0.4, -0.2) is 43.9 Å². The van der Waals surface area contributed by atoms with Crippen molar-refractivity contribution in [1.82, 2.24) is 4.57 Å². The number of nitrogens with one attached hydrogen (secondary N) is 1. The van der Waals surface area contributed by atoms with Gasteiger partial charge in [-0.1, -0.05) is 11.6 Å². The maximum Gasteiger partial charge on any atom is 0.258 e. The fourth-order valence-electron chi connectivity index (χ4n) is 4.51. The normalized spacial score (nSPS) is 16.5. The van der Waals surface area contributed by atoms with Crippen molar-refractivity contribution in [1.29, 1.82) is 0 Å². The van der Waals surface area contributed by atoms with Gasteiger partial charge in [0.25, 0.3) is 5.91 Å². The lowest BCUT2D eigenvalue weighted by atomic mass is 10.1. The second-order valence-electron chi connectivity index (χ2n) is 8.16. The van der Waals surface area contributed by atoms with Crippen LogP contribution in [0, 0.1) is 6.92 Å². The van der Waals surface area contributed by atoms with Crippen LogP contribution in [0.2, 0.25) is 5.02 Å². The van der Waals surface area contributed by atoms with Crippen LogP contribution < -0.4 is 15.0 Å². The zero-order chi connectivity index (χ0) is 21.5. The second kappa shape index (κ2) is 8.09. The van der Waals surface area contributed by atoms with Gasteiger partial charge in [-0.05, 0) is 56.2 Å². The van der Waals surface area contributed by atoms with E-state index in [0.29, 0.717) is 35.5 Å². The predicted molar refractivity (Wildman–Crippen MR) is 124 cm³/mol. The standard InChI is InChI=1S/C24H26ClN3O3/c1-15-23(19-14-18(30-2)6-8-21(19)28(15)17-4-5-17)24(29)26-20-13-16(25)3-7-22(20)27-9-11-31-12-10-27/h3,6-8,13-14,17H,4-5,9-12H2,1-2H3,(H,26,29). The third-order valence-corrected chi connectivity index (χ3v) is 6.39. The third kappa shape index (κ3) is 3.75. The topological polar surface area (TPSA) is 55.7 Å². The van der Waals surface area contributed by atoms with Crippen LogP contribution in [0.1, 0.15) is 34.9 Å². The van der Waals surface area contributed by atoms with Gasteiger partial charge in [0.1, 0.15) is 5.75 Å². The molecule has 3 aromatic rings.